The molecule has 0 bridgehead atoms. The van der Waals surface area contributed by atoms with Crippen molar-refractivity contribution in [3.63, 3.8) is 0 Å². The van der Waals surface area contributed by atoms with Crippen LogP contribution >= 0.6 is 0 Å². The lowest BCUT2D eigenvalue weighted by atomic mass is 10.0. The maximum atomic E-state index is 13.1. The van der Waals surface area contributed by atoms with Gasteiger partial charge < -0.3 is 15.1 Å². The first kappa shape index (κ1) is 28.0. The van der Waals surface area contributed by atoms with Gasteiger partial charge in [0.25, 0.3) is 0 Å². The SMILES string of the molecule is CN(C)CCN(Cc1ccc(-c2ccc(CNCCc3ccccc3)cn2)cc1)C(=O)CCC1CCCC1. The number of nitrogens with zero attached hydrogens (tertiary/aromatic N) is 3. The Kier molecular flexibility index (Phi) is 10.9. The molecule has 1 saturated carbocycles. The summed E-state index contributed by atoms with van der Waals surface area (Å²) in [5.74, 6) is 1.04. The molecule has 4 rings (SSSR count). The fourth-order valence-electron chi connectivity index (χ4n) is 5.21. The van der Waals surface area contributed by atoms with E-state index in [9.17, 15) is 4.79 Å². The van der Waals surface area contributed by atoms with Gasteiger partial charge in [0.05, 0.1) is 5.69 Å². The van der Waals surface area contributed by atoms with Gasteiger partial charge in [-0.2, -0.15) is 0 Å². The normalized spacial score (nSPS) is 13.8. The van der Waals surface area contributed by atoms with Crippen LogP contribution in [0, 0.1) is 5.92 Å². The smallest absolute Gasteiger partial charge is 0.222 e. The van der Waals surface area contributed by atoms with Crippen LogP contribution in [0.5, 0.6) is 0 Å². The Morgan fingerprint density at radius 3 is 2.32 bits per heavy atom. The second kappa shape index (κ2) is 14.8. The second-order valence-electron chi connectivity index (χ2n) is 11.0. The molecule has 5 heteroatoms. The number of pyridine rings is 1. The van der Waals surface area contributed by atoms with Gasteiger partial charge in [0.1, 0.15) is 0 Å². The zero-order valence-electron chi connectivity index (χ0n) is 23.2. The number of aromatic nitrogens is 1. The second-order valence-corrected chi connectivity index (χ2v) is 11.0. The predicted octanol–water partition coefficient (Wildman–Crippen LogP) is 5.94. The fraction of sp³-hybridized carbons (Fsp3) is 0.455. The summed E-state index contributed by atoms with van der Waals surface area (Å²) in [5.41, 5.74) is 5.78. The highest BCUT2D eigenvalue weighted by molar-refractivity contribution is 5.76. The van der Waals surface area contributed by atoms with Crippen LogP contribution in [0.15, 0.2) is 72.9 Å². The lowest BCUT2D eigenvalue weighted by Gasteiger charge is -2.25. The summed E-state index contributed by atoms with van der Waals surface area (Å²) in [4.78, 5) is 22.0. The molecule has 1 aliphatic carbocycles. The van der Waals surface area contributed by atoms with E-state index in [0.29, 0.717) is 13.0 Å². The minimum Gasteiger partial charge on any atom is -0.337 e. The van der Waals surface area contributed by atoms with Crippen molar-refractivity contribution >= 4 is 5.91 Å². The summed E-state index contributed by atoms with van der Waals surface area (Å²) < 4.78 is 0. The Balaban J connectivity index is 1.28. The average Bonchev–Trinajstić information content (AvgIpc) is 3.47. The third-order valence-electron chi connectivity index (χ3n) is 7.62. The van der Waals surface area contributed by atoms with Gasteiger partial charge in [0.15, 0.2) is 0 Å². The minimum atomic E-state index is 0.289. The molecule has 202 valence electrons. The van der Waals surface area contributed by atoms with E-state index in [0.717, 1.165) is 56.2 Å². The molecular weight excluding hydrogens is 468 g/mol. The van der Waals surface area contributed by atoms with Crippen molar-refractivity contribution in [2.45, 2.75) is 58.0 Å². The van der Waals surface area contributed by atoms with E-state index in [2.05, 4.69) is 91.0 Å². The van der Waals surface area contributed by atoms with Crippen molar-refractivity contribution in [1.29, 1.82) is 0 Å². The zero-order valence-corrected chi connectivity index (χ0v) is 23.2. The van der Waals surface area contributed by atoms with Gasteiger partial charge in [0, 0.05) is 44.4 Å². The number of amides is 1. The summed E-state index contributed by atoms with van der Waals surface area (Å²) in [5, 5.41) is 3.51. The van der Waals surface area contributed by atoms with E-state index in [1.54, 1.807) is 0 Å². The molecule has 0 atom stereocenters. The average molecular weight is 513 g/mol. The van der Waals surface area contributed by atoms with Crippen LogP contribution in [0.25, 0.3) is 11.3 Å². The molecule has 2 aromatic carbocycles. The first-order valence-electron chi connectivity index (χ1n) is 14.3. The van der Waals surface area contributed by atoms with E-state index in [1.165, 1.54) is 42.4 Å². The minimum absolute atomic E-state index is 0.289. The van der Waals surface area contributed by atoms with Crippen LogP contribution in [-0.4, -0.2) is 54.4 Å². The van der Waals surface area contributed by atoms with Crippen molar-refractivity contribution in [1.82, 2.24) is 20.1 Å². The molecule has 1 aliphatic rings. The molecule has 1 heterocycles. The first-order valence-corrected chi connectivity index (χ1v) is 14.3. The molecule has 0 aliphatic heterocycles. The maximum Gasteiger partial charge on any atom is 0.222 e. The molecule has 0 radical (unpaired) electrons. The molecular formula is C33H44N4O. The quantitative estimate of drug-likeness (QED) is 0.272. The number of carbonyl (C=O) groups excluding carboxylic acids is 1. The van der Waals surface area contributed by atoms with Gasteiger partial charge >= 0.3 is 0 Å². The Morgan fingerprint density at radius 2 is 1.63 bits per heavy atom. The summed E-state index contributed by atoms with van der Waals surface area (Å²) in [7, 11) is 4.13. The number of hydrogen-bond donors (Lipinski definition) is 1. The molecule has 0 saturated heterocycles. The fourth-order valence-corrected chi connectivity index (χ4v) is 5.21. The largest absolute Gasteiger partial charge is 0.337 e. The topological polar surface area (TPSA) is 48.5 Å². The third kappa shape index (κ3) is 9.07. The zero-order chi connectivity index (χ0) is 26.6. The van der Waals surface area contributed by atoms with Gasteiger partial charge in [-0.05, 0) is 62.2 Å². The van der Waals surface area contributed by atoms with E-state index >= 15 is 0 Å². The van der Waals surface area contributed by atoms with Crippen LogP contribution in [0.1, 0.15) is 55.2 Å². The lowest BCUT2D eigenvalue weighted by molar-refractivity contribution is -0.132. The molecule has 0 spiro atoms. The Labute approximate surface area is 229 Å². The number of nitrogens with one attached hydrogen (secondary N) is 1. The van der Waals surface area contributed by atoms with Crippen LogP contribution < -0.4 is 5.32 Å². The first-order chi connectivity index (χ1) is 18.6. The van der Waals surface area contributed by atoms with Crippen LogP contribution in [0.3, 0.4) is 0 Å². The van der Waals surface area contributed by atoms with Gasteiger partial charge in [0.2, 0.25) is 5.91 Å². The summed E-state index contributed by atoms with van der Waals surface area (Å²) >= 11 is 0. The van der Waals surface area contributed by atoms with Crippen molar-refractivity contribution in [3.8, 4) is 11.3 Å². The summed E-state index contributed by atoms with van der Waals surface area (Å²) in [6, 6.07) is 23.3. The molecule has 1 aromatic heterocycles. The van der Waals surface area contributed by atoms with Crippen molar-refractivity contribution in [2.75, 3.05) is 33.7 Å². The molecule has 0 unspecified atom stereocenters. The molecule has 5 nitrogen and oxygen atoms in total. The van der Waals surface area contributed by atoms with E-state index in [1.807, 2.05) is 11.1 Å². The molecule has 1 N–H and O–H groups in total. The van der Waals surface area contributed by atoms with Crippen LogP contribution in [0.4, 0.5) is 0 Å². The summed E-state index contributed by atoms with van der Waals surface area (Å²) in [6.07, 6.45) is 9.96. The highest BCUT2D eigenvalue weighted by Gasteiger charge is 2.19. The Bertz CT molecular complexity index is 1090. The van der Waals surface area contributed by atoms with Crippen molar-refractivity contribution in [2.24, 2.45) is 5.92 Å². The van der Waals surface area contributed by atoms with E-state index < -0.39 is 0 Å². The van der Waals surface area contributed by atoms with Gasteiger partial charge in [-0.25, -0.2) is 0 Å². The van der Waals surface area contributed by atoms with Crippen LogP contribution in [-0.2, 0) is 24.3 Å². The number of rotatable bonds is 14. The maximum absolute atomic E-state index is 13.1. The van der Waals surface area contributed by atoms with E-state index in [4.69, 9.17) is 4.98 Å². The standard InChI is InChI=1S/C33H44N4O/c1-36(2)22-23-37(33(38)19-15-27-10-6-7-11-27)26-29-12-16-31(17-13-29)32-18-14-30(25-35-32)24-34-21-20-28-8-4-3-5-9-28/h3-5,8-9,12-14,16-18,25,27,34H,6-7,10-11,15,19-24,26H2,1-2H3. The molecule has 38 heavy (non-hydrogen) atoms. The number of likely N-dealkylation sites (N-methyl/N-ethyl adjacent to an activating group) is 1. The number of hydrogen-bond acceptors (Lipinski definition) is 4. The van der Waals surface area contributed by atoms with E-state index in [-0.39, 0.29) is 5.91 Å². The monoisotopic (exact) mass is 512 g/mol. The van der Waals surface area contributed by atoms with Crippen LogP contribution in [0.2, 0.25) is 0 Å². The third-order valence-corrected chi connectivity index (χ3v) is 7.62. The summed E-state index contributed by atoms with van der Waals surface area (Å²) in [6.45, 7) is 4.07. The molecule has 3 aromatic rings. The number of carbonyl (C=O) groups is 1. The number of benzene rings is 2. The highest BCUT2D eigenvalue weighted by Crippen LogP contribution is 2.29. The Hall–Kier alpha value is -3.02. The predicted molar refractivity (Wildman–Crippen MR) is 157 cm³/mol. The van der Waals surface area contributed by atoms with Crippen molar-refractivity contribution < 1.29 is 4.79 Å². The Morgan fingerprint density at radius 1 is 0.895 bits per heavy atom. The molecule has 1 amide bonds. The molecule has 1 fully saturated rings. The van der Waals surface area contributed by atoms with Crippen molar-refractivity contribution in [3.05, 3.63) is 89.6 Å². The van der Waals surface area contributed by atoms with Gasteiger partial charge in [-0.3, -0.25) is 9.78 Å². The highest BCUT2D eigenvalue weighted by atomic mass is 16.2. The van der Waals surface area contributed by atoms with Gasteiger partial charge in [-0.15, -0.1) is 0 Å². The van der Waals surface area contributed by atoms with Gasteiger partial charge in [-0.1, -0.05) is 86.3 Å². The lowest BCUT2D eigenvalue weighted by Crippen LogP contribution is -2.36.